The molecule has 5 nitrogen and oxygen atoms in total. The molecule has 1 atom stereocenters. The van der Waals surface area contributed by atoms with Crippen LogP contribution in [0.4, 0.5) is 5.82 Å². The minimum atomic E-state index is 0.487. The van der Waals surface area contributed by atoms with Gasteiger partial charge in [0.05, 0.1) is 5.69 Å². The number of nitrogens with zero attached hydrogens (tertiary/aromatic N) is 4. The molecular weight excluding hydrogens is 322 g/mol. The van der Waals surface area contributed by atoms with E-state index in [1.165, 1.54) is 5.56 Å². The Hall–Kier alpha value is -2.40. The van der Waals surface area contributed by atoms with E-state index in [2.05, 4.69) is 47.3 Å². The van der Waals surface area contributed by atoms with Crippen LogP contribution >= 0.6 is 0 Å². The van der Waals surface area contributed by atoms with Gasteiger partial charge in [-0.05, 0) is 44.3 Å². The second kappa shape index (κ2) is 7.08. The van der Waals surface area contributed by atoms with Gasteiger partial charge in [-0.15, -0.1) is 0 Å². The van der Waals surface area contributed by atoms with Crippen LogP contribution in [0, 0.1) is 6.92 Å². The largest absolute Gasteiger partial charge is 0.384 e. The molecule has 136 valence electrons. The van der Waals surface area contributed by atoms with Crippen LogP contribution in [0.2, 0.25) is 0 Å². The number of hydrogen-bond acceptors (Lipinski definition) is 4. The van der Waals surface area contributed by atoms with Gasteiger partial charge < -0.3 is 10.6 Å². The van der Waals surface area contributed by atoms with E-state index in [0.29, 0.717) is 17.7 Å². The molecule has 1 aliphatic rings. The SMILES string of the molecule is Cc1cc2nc(C3CCN(CC(C)c4ccccc4)CC3)cc(N)n2n1. The number of aromatic nitrogens is 3. The zero-order valence-corrected chi connectivity index (χ0v) is 15.6. The molecule has 26 heavy (non-hydrogen) atoms. The first kappa shape index (κ1) is 17.0. The van der Waals surface area contributed by atoms with E-state index in [-0.39, 0.29) is 0 Å². The van der Waals surface area contributed by atoms with E-state index >= 15 is 0 Å². The zero-order valence-electron chi connectivity index (χ0n) is 15.6. The number of fused-ring (bicyclic) bond motifs is 1. The van der Waals surface area contributed by atoms with E-state index in [4.69, 9.17) is 10.7 Å². The highest BCUT2D eigenvalue weighted by atomic mass is 15.3. The lowest BCUT2D eigenvalue weighted by Gasteiger charge is -2.33. The highest BCUT2D eigenvalue weighted by Crippen LogP contribution is 2.29. The summed E-state index contributed by atoms with van der Waals surface area (Å²) in [4.78, 5) is 7.40. The smallest absolute Gasteiger partial charge is 0.157 e. The van der Waals surface area contributed by atoms with Crippen molar-refractivity contribution in [2.45, 2.75) is 38.5 Å². The average Bonchev–Trinajstić information content (AvgIpc) is 3.04. The molecule has 0 aliphatic carbocycles. The fourth-order valence-corrected chi connectivity index (χ4v) is 4.03. The molecule has 0 spiro atoms. The van der Waals surface area contributed by atoms with E-state index in [1.54, 1.807) is 4.52 Å². The van der Waals surface area contributed by atoms with Crippen LogP contribution in [0.1, 0.15) is 48.6 Å². The molecule has 1 unspecified atom stereocenters. The summed E-state index contributed by atoms with van der Waals surface area (Å²) in [5, 5.41) is 4.39. The van der Waals surface area contributed by atoms with Crippen molar-refractivity contribution in [1.82, 2.24) is 19.5 Å². The molecule has 3 heterocycles. The number of rotatable bonds is 4. The van der Waals surface area contributed by atoms with Gasteiger partial charge in [-0.1, -0.05) is 37.3 Å². The molecule has 3 aromatic rings. The number of anilines is 1. The third-order valence-electron chi connectivity index (χ3n) is 5.50. The summed E-state index contributed by atoms with van der Waals surface area (Å²) in [5.74, 6) is 1.73. The molecule has 0 amide bonds. The molecule has 4 rings (SSSR count). The lowest BCUT2D eigenvalue weighted by molar-refractivity contribution is 0.202. The Labute approximate surface area is 154 Å². The summed E-state index contributed by atoms with van der Waals surface area (Å²) in [7, 11) is 0. The summed E-state index contributed by atoms with van der Waals surface area (Å²) in [6.07, 6.45) is 2.27. The molecular formula is C21H27N5. The van der Waals surface area contributed by atoms with Crippen molar-refractivity contribution in [3.8, 4) is 0 Å². The Morgan fingerprint density at radius 1 is 1.15 bits per heavy atom. The molecule has 5 heteroatoms. The molecule has 1 fully saturated rings. The number of nitrogen functional groups attached to an aromatic ring is 1. The fraction of sp³-hybridized carbons (Fsp3) is 0.429. The maximum atomic E-state index is 6.18. The molecule has 0 bridgehead atoms. The molecule has 2 N–H and O–H groups in total. The minimum Gasteiger partial charge on any atom is -0.384 e. The number of nitrogens with two attached hydrogens (primary N) is 1. The Morgan fingerprint density at radius 3 is 2.62 bits per heavy atom. The molecule has 0 saturated carbocycles. The lowest BCUT2D eigenvalue weighted by atomic mass is 9.92. The first-order valence-electron chi connectivity index (χ1n) is 9.50. The highest BCUT2D eigenvalue weighted by Gasteiger charge is 2.24. The van der Waals surface area contributed by atoms with Gasteiger partial charge in [-0.2, -0.15) is 9.61 Å². The Balaban J connectivity index is 1.40. The highest BCUT2D eigenvalue weighted by molar-refractivity contribution is 5.48. The Bertz CT molecular complexity index is 878. The van der Waals surface area contributed by atoms with E-state index < -0.39 is 0 Å². The first-order chi connectivity index (χ1) is 12.6. The molecule has 0 radical (unpaired) electrons. The average molecular weight is 349 g/mol. The third-order valence-corrected chi connectivity index (χ3v) is 5.50. The number of likely N-dealkylation sites (tertiary alicyclic amines) is 1. The van der Waals surface area contributed by atoms with Crippen molar-refractivity contribution in [2.24, 2.45) is 0 Å². The summed E-state index contributed by atoms with van der Waals surface area (Å²) in [5.41, 5.74) is 10.5. The van der Waals surface area contributed by atoms with Crippen molar-refractivity contribution in [1.29, 1.82) is 0 Å². The van der Waals surface area contributed by atoms with E-state index in [1.807, 2.05) is 19.1 Å². The van der Waals surface area contributed by atoms with Crippen molar-refractivity contribution < 1.29 is 0 Å². The Kier molecular flexibility index (Phi) is 4.64. The van der Waals surface area contributed by atoms with E-state index in [9.17, 15) is 0 Å². The van der Waals surface area contributed by atoms with Gasteiger partial charge >= 0.3 is 0 Å². The quantitative estimate of drug-likeness (QED) is 0.782. The second-order valence-corrected chi connectivity index (χ2v) is 7.55. The second-order valence-electron chi connectivity index (χ2n) is 7.55. The van der Waals surface area contributed by atoms with Crippen LogP contribution < -0.4 is 5.73 Å². The number of benzene rings is 1. The standard InChI is InChI=1S/C21H27N5/c1-15(17-6-4-3-5-7-17)14-25-10-8-18(9-11-25)19-13-20(22)26-21(23-19)12-16(2)24-26/h3-7,12-13,15,18H,8-11,14,22H2,1-2H3. The molecule has 1 aromatic carbocycles. The molecule has 1 saturated heterocycles. The number of piperidine rings is 1. The van der Waals surface area contributed by atoms with Gasteiger partial charge in [0, 0.05) is 30.3 Å². The summed E-state index contributed by atoms with van der Waals surface area (Å²) >= 11 is 0. The monoisotopic (exact) mass is 349 g/mol. The van der Waals surface area contributed by atoms with Crippen molar-refractivity contribution in [3.63, 3.8) is 0 Å². The van der Waals surface area contributed by atoms with Crippen LogP contribution in [0.25, 0.3) is 5.65 Å². The van der Waals surface area contributed by atoms with Crippen LogP contribution in [0.15, 0.2) is 42.5 Å². The van der Waals surface area contributed by atoms with Gasteiger partial charge in [-0.3, -0.25) is 0 Å². The molecule has 2 aromatic heterocycles. The predicted octanol–water partition coefficient (Wildman–Crippen LogP) is 3.60. The Morgan fingerprint density at radius 2 is 1.88 bits per heavy atom. The summed E-state index contributed by atoms with van der Waals surface area (Å²) < 4.78 is 1.73. The predicted molar refractivity (Wildman–Crippen MR) is 105 cm³/mol. The normalized spacial score (nSPS) is 17.6. The van der Waals surface area contributed by atoms with Crippen LogP contribution in [-0.4, -0.2) is 39.1 Å². The lowest BCUT2D eigenvalue weighted by Crippen LogP contribution is -2.35. The van der Waals surface area contributed by atoms with Gasteiger partial charge in [0.2, 0.25) is 0 Å². The van der Waals surface area contributed by atoms with Crippen LogP contribution in [0.3, 0.4) is 0 Å². The minimum absolute atomic E-state index is 0.487. The van der Waals surface area contributed by atoms with Crippen LogP contribution in [-0.2, 0) is 0 Å². The maximum Gasteiger partial charge on any atom is 0.157 e. The van der Waals surface area contributed by atoms with Gasteiger partial charge in [-0.25, -0.2) is 4.98 Å². The van der Waals surface area contributed by atoms with Gasteiger partial charge in [0.1, 0.15) is 5.82 Å². The number of hydrogen-bond donors (Lipinski definition) is 1. The summed E-state index contributed by atoms with van der Waals surface area (Å²) in [6.45, 7) is 7.65. The van der Waals surface area contributed by atoms with Crippen molar-refractivity contribution >= 4 is 11.5 Å². The maximum absolute atomic E-state index is 6.18. The fourth-order valence-electron chi connectivity index (χ4n) is 4.03. The van der Waals surface area contributed by atoms with E-state index in [0.717, 1.165) is 49.5 Å². The zero-order chi connectivity index (χ0) is 18.1. The number of aryl methyl sites for hydroxylation is 1. The third kappa shape index (κ3) is 3.44. The summed E-state index contributed by atoms with van der Waals surface area (Å²) in [6, 6.07) is 14.8. The van der Waals surface area contributed by atoms with Crippen LogP contribution in [0.5, 0.6) is 0 Å². The topological polar surface area (TPSA) is 59.5 Å². The first-order valence-corrected chi connectivity index (χ1v) is 9.50. The van der Waals surface area contributed by atoms with Gasteiger partial charge in [0.25, 0.3) is 0 Å². The van der Waals surface area contributed by atoms with Crippen molar-refractivity contribution in [2.75, 3.05) is 25.4 Å². The molecule has 1 aliphatic heterocycles. The van der Waals surface area contributed by atoms with Gasteiger partial charge in [0.15, 0.2) is 5.65 Å². The van der Waals surface area contributed by atoms with Crippen molar-refractivity contribution in [3.05, 3.63) is 59.4 Å².